The van der Waals surface area contributed by atoms with E-state index < -0.39 is 11.6 Å². The van der Waals surface area contributed by atoms with E-state index in [1.54, 1.807) is 24.3 Å². The van der Waals surface area contributed by atoms with E-state index in [0.717, 1.165) is 22.4 Å². The summed E-state index contributed by atoms with van der Waals surface area (Å²) >= 11 is 7.34. The second-order valence-corrected chi connectivity index (χ2v) is 8.58. The van der Waals surface area contributed by atoms with Crippen molar-refractivity contribution in [2.24, 2.45) is 4.99 Å². The number of aliphatic hydroxyl groups is 1. The number of amides is 1. The number of thioether (sulfide) groups is 1. The smallest absolute Gasteiger partial charge is 0.279 e. The summed E-state index contributed by atoms with van der Waals surface area (Å²) in [7, 11) is 0. The molecule has 0 spiro atoms. The van der Waals surface area contributed by atoms with Gasteiger partial charge in [-0.2, -0.15) is 5.01 Å². The number of nitrogens with one attached hydrogen (secondary N) is 1. The van der Waals surface area contributed by atoms with E-state index in [-0.39, 0.29) is 5.91 Å². The first-order valence-corrected chi connectivity index (χ1v) is 11.4. The Labute approximate surface area is 190 Å². The molecule has 0 radical (unpaired) electrons. The minimum absolute atomic E-state index is 0.160. The topological polar surface area (TPSA) is 64.9 Å². The average molecular weight is 452 g/mol. The van der Waals surface area contributed by atoms with Crippen LogP contribution in [0.5, 0.6) is 0 Å². The number of carbonyl (C=O) groups excluding carboxylic acids is 1. The number of para-hydroxylation sites is 1. The van der Waals surface area contributed by atoms with Gasteiger partial charge in [0.15, 0.2) is 10.7 Å². The first-order valence-electron chi connectivity index (χ1n) is 9.76. The predicted octanol–water partition coefficient (Wildman–Crippen LogP) is 5.23. The van der Waals surface area contributed by atoms with Crippen LogP contribution in [0.25, 0.3) is 0 Å². The number of nitrogens with zero attached hydrogens (tertiary/aromatic N) is 2. The van der Waals surface area contributed by atoms with Crippen molar-refractivity contribution in [3.05, 3.63) is 101 Å². The highest BCUT2D eigenvalue weighted by atomic mass is 35.5. The maximum absolute atomic E-state index is 13.3. The van der Waals surface area contributed by atoms with Crippen LogP contribution in [-0.4, -0.2) is 27.4 Å². The van der Waals surface area contributed by atoms with Crippen molar-refractivity contribution in [3.63, 3.8) is 0 Å². The van der Waals surface area contributed by atoms with E-state index in [1.165, 1.54) is 16.8 Å². The first kappa shape index (κ1) is 21.4. The Bertz CT molecular complexity index is 1100. The summed E-state index contributed by atoms with van der Waals surface area (Å²) in [5.41, 5.74) is 5.15. The zero-order valence-electron chi connectivity index (χ0n) is 17.1. The molecule has 1 amide bonds. The molecule has 2 unspecified atom stereocenters. The van der Waals surface area contributed by atoms with Crippen molar-refractivity contribution >= 4 is 40.1 Å². The summed E-state index contributed by atoms with van der Waals surface area (Å²) in [5, 5.41) is 13.4. The molecule has 2 N–H and O–H groups in total. The van der Waals surface area contributed by atoms with Crippen LogP contribution in [0.4, 0.5) is 5.69 Å². The molecule has 3 aromatic rings. The second-order valence-electron chi connectivity index (χ2n) is 7.37. The maximum Gasteiger partial charge on any atom is 0.279 e. The number of hydrogen-bond acceptors (Lipinski definition) is 5. The third-order valence-electron chi connectivity index (χ3n) is 5.30. The van der Waals surface area contributed by atoms with Gasteiger partial charge in [-0.05, 0) is 54.1 Å². The van der Waals surface area contributed by atoms with Gasteiger partial charge in [0.05, 0.1) is 5.69 Å². The van der Waals surface area contributed by atoms with Crippen molar-refractivity contribution in [1.82, 2.24) is 5.01 Å². The van der Waals surface area contributed by atoms with E-state index in [9.17, 15) is 9.90 Å². The Morgan fingerprint density at radius 1 is 1.00 bits per heavy atom. The molecule has 0 aliphatic carbocycles. The summed E-state index contributed by atoms with van der Waals surface area (Å²) < 4.78 is 0. The number of rotatable bonds is 5. The monoisotopic (exact) mass is 451 g/mol. The van der Waals surface area contributed by atoms with Gasteiger partial charge < -0.3 is 5.11 Å². The van der Waals surface area contributed by atoms with Gasteiger partial charge in [0, 0.05) is 5.02 Å². The Kier molecular flexibility index (Phi) is 6.05. The SMILES string of the molecule is CSC1=NC(C)(c2ccc(C(O)c3ccc(Cl)cc3)cc2)C(=O)N1Nc1ccccc1. The van der Waals surface area contributed by atoms with E-state index in [1.807, 2.05) is 67.8 Å². The minimum atomic E-state index is -1.05. The third-order valence-corrected chi connectivity index (χ3v) is 6.19. The summed E-state index contributed by atoms with van der Waals surface area (Å²) in [6, 6.07) is 24.0. The lowest BCUT2D eigenvalue weighted by Crippen LogP contribution is -2.42. The van der Waals surface area contributed by atoms with Crippen LogP contribution in [0, 0.1) is 0 Å². The summed E-state index contributed by atoms with van der Waals surface area (Å²) in [6.07, 6.45) is 1.11. The normalized spacial score (nSPS) is 19.3. The number of aliphatic imine (C=N–C) groups is 1. The van der Waals surface area contributed by atoms with Gasteiger partial charge in [-0.25, -0.2) is 4.99 Å². The number of amidine groups is 1. The Morgan fingerprint density at radius 3 is 2.16 bits per heavy atom. The van der Waals surface area contributed by atoms with Crippen molar-refractivity contribution in [2.75, 3.05) is 11.7 Å². The summed E-state index contributed by atoms with van der Waals surface area (Å²) in [4.78, 5) is 18.1. The first-order chi connectivity index (χ1) is 14.9. The molecular formula is C24H22ClN3O2S. The number of benzene rings is 3. The van der Waals surface area contributed by atoms with Gasteiger partial charge in [0.2, 0.25) is 0 Å². The number of anilines is 1. The molecule has 1 aliphatic rings. The third kappa shape index (κ3) is 4.19. The molecule has 2 atom stereocenters. The highest BCUT2D eigenvalue weighted by Gasteiger charge is 2.46. The van der Waals surface area contributed by atoms with E-state index >= 15 is 0 Å². The molecule has 0 fully saturated rings. The molecule has 1 aliphatic heterocycles. The number of aliphatic hydroxyl groups excluding tert-OH is 1. The molecule has 4 rings (SSSR count). The van der Waals surface area contributed by atoms with Crippen LogP contribution >= 0.6 is 23.4 Å². The molecule has 158 valence electrons. The van der Waals surface area contributed by atoms with Crippen LogP contribution < -0.4 is 5.43 Å². The fourth-order valence-electron chi connectivity index (χ4n) is 3.49. The van der Waals surface area contributed by atoms with Crippen molar-refractivity contribution < 1.29 is 9.90 Å². The van der Waals surface area contributed by atoms with E-state index in [0.29, 0.717) is 10.2 Å². The number of hydrazine groups is 1. The maximum atomic E-state index is 13.3. The number of carbonyl (C=O) groups is 1. The molecule has 0 aromatic heterocycles. The van der Waals surface area contributed by atoms with Gasteiger partial charge in [0.25, 0.3) is 5.91 Å². The standard InChI is InChI=1S/C24H22ClN3O2S/c1-24(22(30)28(23(26-24)31-2)27-20-6-4-3-5-7-20)18-12-8-16(9-13-18)21(29)17-10-14-19(25)15-11-17/h3-15,21,27,29H,1-2H3. The molecule has 7 heteroatoms. The Balaban J connectivity index is 1.59. The van der Waals surface area contributed by atoms with Gasteiger partial charge in [0.1, 0.15) is 6.10 Å². The lowest BCUT2D eigenvalue weighted by molar-refractivity contribution is -0.129. The van der Waals surface area contributed by atoms with Gasteiger partial charge in [-0.15, -0.1) is 0 Å². The van der Waals surface area contributed by atoms with Crippen LogP contribution in [-0.2, 0) is 10.3 Å². The molecule has 0 bridgehead atoms. The quantitative estimate of drug-likeness (QED) is 0.557. The predicted molar refractivity (Wildman–Crippen MR) is 127 cm³/mol. The summed E-state index contributed by atoms with van der Waals surface area (Å²) in [5.74, 6) is -0.160. The fourth-order valence-corrected chi connectivity index (χ4v) is 4.20. The van der Waals surface area contributed by atoms with Crippen LogP contribution in [0.15, 0.2) is 83.9 Å². The zero-order valence-corrected chi connectivity index (χ0v) is 18.7. The fraction of sp³-hybridized carbons (Fsp3) is 0.167. The minimum Gasteiger partial charge on any atom is -0.384 e. The van der Waals surface area contributed by atoms with Crippen molar-refractivity contribution in [1.29, 1.82) is 0 Å². The Hall–Kier alpha value is -2.80. The zero-order chi connectivity index (χ0) is 22.0. The Morgan fingerprint density at radius 2 is 1.58 bits per heavy atom. The number of halogens is 1. The van der Waals surface area contributed by atoms with Gasteiger partial charge >= 0.3 is 0 Å². The largest absolute Gasteiger partial charge is 0.384 e. The van der Waals surface area contributed by atoms with Crippen LogP contribution in [0.1, 0.15) is 29.7 Å². The second kappa shape index (κ2) is 8.75. The molecule has 0 saturated carbocycles. The highest BCUT2D eigenvalue weighted by Crippen LogP contribution is 2.36. The van der Waals surface area contributed by atoms with E-state index in [4.69, 9.17) is 16.6 Å². The number of hydrogen-bond donors (Lipinski definition) is 2. The highest BCUT2D eigenvalue weighted by molar-refractivity contribution is 8.13. The van der Waals surface area contributed by atoms with Crippen LogP contribution in [0.3, 0.4) is 0 Å². The molecular weight excluding hydrogens is 430 g/mol. The molecule has 5 nitrogen and oxygen atoms in total. The van der Waals surface area contributed by atoms with E-state index in [2.05, 4.69) is 5.43 Å². The molecule has 0 saturated heterocycles. The lowest BCUT2D eigenvalue weighted by atomic mass is 9.90. The van der Waals surface area contributed by atoms with Crippen molar-refractivity contribution in [3.8, 4) is 0 Å². The lowest BCUT2D eigenvalue weighted by Gasteiger charge is -2.24. The molecule has 3 aromatic carbocycles. The van der Waals surface area contributed by atoms with Gasteiger partial charge in [-0.3, -0.25) is 10.2 Å². The molecule has 1 heterocycles. The van der Waals surface area contributed by atoms with Crippen LogP contribution in [0.2, 0.25) is 5.02 Å². The summed E-state index contributed by atoms with van der Waals surface area (Å²) in [6.45, 7) is 1.81. The average Bonchev–Trinajstić information content (AvgIpc) is 3.05. The molecule has 31 heavy (non-hydrogen) atoms. The van der Waals surface area contributed by atoms with Gasteiger partial charge in [-0.1, -0.05) is 78.0 Å². The van der Waals surface area contributed by atoms with Crippen molar-refractivity contribution in [2.45, 2.75) is 18.6 Å².